The lowest BCUT2D eigenvalue weighted by molar-refractivity contribution is -0.892. The molecule has 0 spiro atoms. The minimum Gasteiger partial charge on any atom is -0.495 e. The number of rotatable bonds is 6. The van der Waals surface area contributed by atoms with Crippen molar-refractivity contribution in [1.82, 2.24) is 4.90 Å². The molecule has 1 atom stereocenters. The van der Waals surface area contributed by atoms with Crippen molar-refractivity contribution in [1.29, 1.82) is 0 Å². The average Bonchev–Trinajstić information content (AvgIpc) is 3.14. The molecule has 2 saturated heterocycles. The molecule has 8 heteroatoms. The van der Waals surface area contributed by atoms with Crippen LogP contribution in [0.15, 0.2) is 24.3 Å². The standard InChI is InChI=1S/C23H35N3O4S/c1-30-22-10-6-5-9-21(22)25-14-12-24(13-15-25)17-23(27)26(19-7-3-2-4-8-19)20-11-16-31(28,29)18-20/h5-6,9-10,19-20H,2-4,7-8,11-18H2,1H3/p+1. The first kappa shape index (κ1) is 22.4. The Morgan fingerprint density at radius 3 is 2.45 bits per heavy atom. The second-order valence-corrected chi connectivity index (χ2v) is 11.5. The molecule has 1 aliphatic carbocycles. The number of hydrogen-bond donors (Lipinski definition) is 1. The molecule has 0 aromatic heterocycles. The van der Waals surface area contributed by atoms with Crippen molar-refractivity contribution in [2.75, 3.05) is 56.2 Å². The summed E-state index contributed by atoms with van der Waals surface area (Å²) in [6, 6.07) is 8.16. The number of nitrogens with zero attached hydrogens (tertiary/aromatic N) is 2. The van der Waals surface area contributed by atoms with Crippen LogP contribution < -0.4 is 14.5 Å². The Kier molecular flexibility index (Phi) is 7.06. The highest BCUT2D eigenvalue weighted by Gasteiger charge is 2.39. The molecular formula is C23H36N3O4S+. The van der Waals surface area contributed by atoms with Crippen molar-refractivity contribution >= 4 is 21.4 Å². The zero-order valence-corrected chi connectivity index (χ0v) is 19.4. The first-order chi connectivity index (χ1) is 15.0. The summed E-state index contributed by atoms with van der Waals surface area (Å²) in [5.41, 5.74) is 1.11. The van der Waals surface area contributed by atoms with Gasteiger partial charge in [0, 0.05) is 12.1 Å². The van der Waals surface area contributed by atoms with Gasteiger partial charge in [0.2, 0.25) is 0 Å². The van der Waals surface area contributed by atoms with Crippen LogP contribution in [0.2, 0.25) is 0 Å². The quantitative estimate of drug-likeness (QED) is 0.693. The Hall–Kier alpha value is -1.80. The summed E-state index contributed by atoms with van der Waals surface area (Å²) in [6.07, 6.45) is 6.12. The van der Waals surface area contributed by atoms with E-state index in [9.17, 15) is 13.2 Å². The fraction of sp³-hybridized carbons (Fsp3) is 0.696. The van der Waals surface area contributed by atoms with Gasteiger partial charge in [-0.15, -0.1) is 0 Å². The molecule has 2 heterocycles. The zero-order valence-electron chi connectivity index (χ0n) is 18.6. The van der Waals surface area contributed by atoms with Crippen LogP contribution in [-0.2, 0) is 14.6 Å². The Balaban J connectivity index is 1.38. The summed E-state index contributed by atoms with van der Waals surface area (Å²) in [5.74, 6) is 1.40. The predicted molar refractivity (Wildman–Crippen MR) is 122 cm³/mol. The largest absolute Gasteiger partial charge is 0.495 e. The van der Waals surface area contributed by atoms with E-state index in [4.69, 9.17) is 4.74 Å². The number of nitrogens with one attached hydrogen (secondary N) is 1. The molecule has 4 rings (SSSR count). The third-order valence-corrected chi connectivity index (χ3v) is 8.91. The summed E-state index contributed by atoms with van der Waals surface area (Å²) in [4.78, 5) is 19.1. The van der Waals surface area contributed by atoms with Crippen LogP contribution in [-0.4, -0.2) is 82.6 Å². The first-order valence-corrected chi connectivity index (χ1v) is 13.5. The van der Waals surface area contributed by atoms with Crippen molar-refractivity contribution < 1.29 is 22.8 Å². The number of anilines is 1. The summed E-state index contributed by atoms with van der Waals surface area (Å²) < 4.78 is 29.7. The van der Waals surface area contributed by atoms with Gasteiger partial charge in [-0.1, -0.05) is 31.4 Å². The number of sulfone groups is 1. The molecule has 31 heavy (non-hydrogen) atoms. The number of quaternary nitrogens is 1. The van der Waals surface area contributed by atoms with Gasteiger partial charge in [0.25, 0.3) is 5.91 Å². The molecule has 1 saturated carbocycles. The molecular weight excluding hydrogens is 414 g/mol. The minimum atomic E-state index is -3.01. The van der Waals surface area contributed by atoms with Crippen LogP contribution in [0.3, 0.4) is 0 Å². The Morgan fingerprint density at radius 1 is 1.10 bits per heavy atom. The number of benzene rings is 1. The molecule has 1 N–H and O–H groups in total. The lowest BCUT2D eigenvalue weighted by Gasteiger charge is -2.40. The highest BCUT2D eigenvalue weighted by atomic mass is 32.2. The normalized spacial score (nSPS) is 24.8. The van der Waals surface area contributed by atoms with E-state index in [-0.39, 0.29) is 29.5 Å². The number of methoxy groups -OCH3 is 1. The van der Waals surface area contributed by atoms with Crippen molar-refractivity contribution in [2.24, 2.45) is 0 Å². The van der Waals surface area contributed by atoms with E-state index in [2.05, 4.69) is 11.0 Å². The Morgan fingerprint density at radius 2 is 1.81 bits per heavy atom. The monoisotopic (exact) mass is 450 g/mol. The van der Waals surface area contributed by atoms with Gasteiger partial charge in [0.05, 0.1) is 50.5 Å². The summed E-state index contributed by atoms with van der Waals surface area (Å²) in [7, 11) is -1.31. The number of ether oxygens (including phenoxy) is 1. The maximum Gasteiger partial charge on any atom is 0.278 e. The van der Waals surface area contributed by atoms with Crippen molar-refractivity contribution in [3.8, 4) is 5.75 Å². The minimum absolute atomic E-state index is 0.130. The fourth-order valence-corrected chi connectivity index (χ4v) is 7.21. The third kappa shape index (κ3) is 5.34. The van der Waals surface area contributed by atoms with Gasteiger partial charge < -0.3 is 19.4 Å². The number of carbonyl (C=O) groups excluding carboxylic acids is 1. The molecule has 3 fully saturated rings. The van der Waals surface area contributed by atoms with Gasteiger partial charge >= 0.3 is 0 Å². The van der Waals surface area contributed by atoms with Crippen molar-refractivity contribution in [3.63, 3.8) is 0 Å². The van der Waals surface area contributed by atoms with Crippen LogP contribution in [0.25, 0.3) is 0 Å². The number of piperazine rings is 1. The summed E-state index contributed by atoms with van der Waals surface area (Å²) in [5, 5.41) is 0. The highest BCUT2D eigenvalue weighted by Crippen LogP contribution is 2.29. The van der Waals surface area contributed by atoms with E-state index < -0.39 is 9.84 Å². The van der Waals surface area contributed by atoms with E-state index in [1.165, 1.54) is 11.3 Å². The maximum atomic E-state index is 13.4. The van der Waals surface area contributed by atoms with Gasteiger partial charge in [-0.2, -0.15) is 0 Å². The van der Waals surface area contributed by atoms with Gasteiger partial charge in [-0.25, -0.2) is 8.42 Å². The molecule has 3 aliphatic rings. The van der Waals surface area contributed by atoms with E-state index in [0.29, 0.717) is 13.0 Å². The van der Waals surface area contributed by atoms with Gasteiger partial charge in [0.1, 0.15) is 5.75 Å². The average molecular weight is 451 g/mol. The van der Waals surface area contributed by atoms with Crippen molar-refractivity contribution in [2.45, 2.75) is 50.6 Å². The second kappa shape index (κ2) is 9.77. The Bertz CT molecular complexity index is 861. The van der Waals surface area contributed by atoms with Crippen LogP contribution in [0, 0.1) is 0 Å². The van der Waals surface area contributed by atoms with Crippen LogP contribution in [0.5, 0.6) is 5.75 Å². The lowest BCUT2D eigenvalue weighted by atomic mass is 9.92. The molecule has 7 nitrogen and oxygen atoms in total. The zero-order chi connectivity index (χ0) is 21.8. The molecule has 0 radical (unpaired) electrons. The SMILES string of the molecule is COc1ccccc1N1CC[NH+](CC(=O)N(C2CCCCC2)C2CCS(=O)(=O)C2)CC1. The highest BCUT2D eigenvalue weighted by molar-refractivity contribution is 7.91. The van der Waals surface area contributed by atoms with Crippen LogP contribution in [0.1, 0.15) is 38.5 Å². The summed E-state index contributed by atoms with van der Waals surface area (Å²) in [6.45, 7) is 4.01. The van der Waals surface area contributed by atoms with E-state index >= 15 is 0 Å². The predicted octanol–water partition coefficient (Wildman–Crippen LogP) is 0.749. The molecule has 2 aliphatic heterocycles. The molecule has 1 amide bonds. The first-order valence-electron chi connectivity index (χ1n) is 11.7. The topological polar surface area (TPSA) is 71.4 Å². The smallest absolute Gasteiger partial charge is 0.278 e. The maximum absolute atomic E-state index is 13.4. The molecule has 1 unspecified atom stereocenters. The molecule has 0 bridgehead atoms. The van der Waals surface area contributed by atoms with Crippen LogP contribution in [0.4, 0.5) is 5.69 Å². The molecule has 1 aromatic rings. The van der Waals surface area contributed by atoms with Gasteiger partial charge in [0.15, 0.2) is 16.4 Å². The van der Waals surface area contributed by atoms with E-state index in [1.54, 1.807) is 7.11 Å². The number of hydrogen-bond acceptors (Lipinski definition) is 5. The van der Waals surface area contributed by atoms with Gasteiger partial charge in [-0.05, 0) is 31.4 Å². The number of para-hydroxylation sites is 2. The van der Waals surface area contributed by atoms with Crippen molar-refractivity contribution in [3.05, 3.63) is 24.3 Å². The van der Waals surface area contributed by atoms with Crippen LogP contribution >= 0.6 is 0 Å². The van der Waals surface area contributed by atoms with E-state index in [1.807, 2.05) is 23.1 Å². The van der Waals surface area contributed by atoms with Gasteiger partial charge in [-0.3, -0.25) is 4.79 Å². The summed E-state index contributed by atoms with van der Waals surface area (Å²) >= 11 is 0. The van der Waals surface area contributed by atoms with E-state index in [0.717, 1.165) is 63.3 Å². The molecule has 172 valence electrons. The molecule has 1 aromatic carbocycles. The lowest BCUT2D eigenvalue weighted by Crippen LogP contribution is -3.16. The Labute approximate surface area is 186 Å². The third-order valence-electron chi connectivity index (χ3n) is 7.16. The number of carbonyl (C=O) groups is 1. The second-order valence-electron chi connectivity index (χ2n) is 9.24. The number of amides is 1. The fourth-order valence-electron chi connectivity index (χ4n) is 5.50.